The highest BCUT2D eigenvalue weighted by molar-refractivity contribution is 5.82. The minimum absolute atomic E-state index is 0.0603. The number of H-pyrrole nitrogens is 1. The molecule has 1 fully saturated rings. The van der Waals surface area contributed by atoms with Crippen molar-refractivity contribution in [2.45, 2.75) is 45.2 Å². The van der Waals surface area contributed by atoms with Crippen molar-refractivity contribution < 1.29 is 9.64 Å². The molecule has 0 aliphatic carbocycles. The first-order valence-corrected chi connectivity index (χ1v) is 10.4. The quantitative estimate of drug-likeness (QED) is 0.648. The summed E-state index contributed by atoms with van der Waals surface area (Å²) in [6.45, 7) is 5.11. The van der Waals surface area contributed by atoms with Crippen LogP contribution in [0.4, 0.5) is 0 Å². The number of nitrogens with zero attached hydrogens (tertiary/aromatic N) is 4. The third-order valence-corrected chi connectivity index (χ3v) is 5.91. The van der Waals surface area contributed by atoms with E-state index in [0.717, 1.165) is 53.8 Å². The standard InChI is InChI=1S/C21H28N6O2/c1-15-8-7-9-16-14-17(21(28)22-18(15)16)19(26-10-5-3-4-6-11-26)20-23-24-25-27(20)12-13-29-2/h7-9,14,19H,3-6,10-13H2,1-2H3,(H,22,28)/p+1/t19-/m1/s1. The predicted octanol–water partition coefficient (Wildman–Crippen LogP) is 1.02. The van der Waals surface area contributed by atoms with Crippen molar-refractivity contribution in [1.29, 1.82) is 0 Å². The number of tetrazole rings is 1. The van der Waals surface area contributed by atoms with Crippen LogP contribution in [-0.2, 0) is 11.3 Å². The summed E-state index contributed by atoms with van der Waals surface area (Å²) in [4.78, 5) is 17.7. The fourth-order valence-electron chi connectivity index (χ4n) is 4.38. The molecule has 3 aromatic rings. The Morgan fingerprint density at radius 2 is 2.03 bits per heavy atom. The first kappa shape index (κ1) is 19.7. The molecule has 0 radical (unpaired) electrons. The zero-order valence-electron chi connectivity index (χ0n) is 17.1. The van der Waals surface area contributed by atoms with Gasteiger partial charge in [-0.3, -0.25) is 4.79 Å². The molecule has 1 atom stereocenters. The second-order valence-electron chi connectivity index (χ2n) is 7.85. The summed E-state index contributed by atoms with van der Waals surface area (Å²) >= 11 is 0. The second kappa shape index (κ2) is 8.84. The first-order chi connectivity index (χ1) is 14.2. The van der Waals surface area contributed by atoms with E-state index in [1.807, 2.05) is 31.2 Å². The Balaban J connectivity index is 1.84. The van der Waals surface area contributed by atoms with Crippen LogP contribution in [0.25, 0.3) is 10.9 Å². The molecule has 8 nitrogen and oxygen atoms in total. The van der Waals surface area contributed by atoms with E-state index >= 15 is 0 Å². The molecule has 0 saturated carbocycles. The number of pyridine rings is 1. The normalized spacial score (nSPS) is 16.8. The predicted molar refractivity (Wildman–Crippen MR) is 110 cm³/mol. The van der Waals surface area contributed by atoms with E-state index in [1.54, 1.807) is 11.8 Å². The van der Waals surface area contributed by atoms with Crippen molar-refractivity contribution in [3.63, 3.8) is 0 Å². The van der Waals surface area contributed by atoms with Crippen LogP contribution in [0.15, 0.2) is 29.1 Å². The van der Waals surface area contributed by atoms with E-state index in [-0.39, 0.29) is 11.6 Å². The van der Waals surface area contributed by atoms with Gasteiger partial charge in [-0.05, 0) is 60.0 Å². The summed E-state index contributed by atoms with van der Waals surface area (Å²) in [6.07, 6.45) is 4.77. The van der Waals surface area contributed by atoms with Gasteiger partial charge in [-0.25, -0.2) is 4.68 Å². The largest absolute Gasteiger partial charge is 0.383 e. The zero-order chi connectivity index (χ0) is 20.2. The van der Waals surface area contributed by atoms with Crippen molar-refractivity contribution in [3.05, 3.63) is 51.6 Å². The fourth-order valence-corrected chi connectivity index (χ4v) is 4.38. The molecule has 1 aromatic carbocycles. The number of aromatic amines is 1. The van der Waals surface area contributed by atoms with Crippen LogP contribution >= 0.6 is 0 Å². The molecule has 0 spiro atoms. The van der Waals surface area contributed by atoms with Gasteiger partial charge >= 0.3 is 0 Å². The number of aryl methyl sites for hydroxylation is 1. The molecule has 1 aliphatic heterocycles. The Labute approximate surface area is 169 Å². The average molecular weight is 398 g/mol. The number of aromatic nitrogens is 5. The van der Waals surface area contributed by atoms with Crippen molar-refractivity contribution in [1.82, 2.24) is 25.2 Å². The molecule has 154 valence electrons. The van der Waals surface area contributed by atoms with Gasteiger partial charge in [-0.15, -0.1) is 5.10 Å². The van der Waals surface area contributed by atoms with Crippen LogP contribution in [0, 0.1) is 6.92 Å². The number of methoxy groups -OCH3 is 1. The van der Waals surface area contributed by atoms with Gasteiger partial charge in [0, 0.05) is 7.11 Å². The summed E-state index contributed by atoms with van der Waals surface area (Å²) < 4.78 is 7.01. The minimum Gasteiger partial charge on any atom is -0.383 e. The third-order valence-electron chi connectivity index (χ3n) is 5.91. The van der Waals surface area contributed by atoms with E-state index in [9.17, 15) is 4.79 Å². The van der Waals surface area contributed by atoms with Crippen molar-refractivity contribution >= 4 is 10.9 Å². The molecule has 0 amide bonds. The Morgan fingerprint density at radius 1 is 1.24 bits per heavy atom. The topological polar surface area (TPSA) is 90.1 Å². The number of benzene rings is 1. The molecule has 1 aliphatic rings. The molecule has 4 rings (SSSR count). The molecule has 1 saturated heterocycles. The minimum atomic E-state index is -0.200. The van der Waals surface area contributed by atoms with Gasteiger partial charge in [0.1, 0.15) is 0 Å². The molecular formula is C21H29N6O2+. The van der Waals surface area contributed by atoms with Gasteiger partial charge in [-0.1, -0.05) is 18.2 Å². The van der Waals surface area contributed by atoms with Crippen molar-refractivity contribution in [2.75, 3.05) is 26.8 Å². The Bertz CT molecular complexity index is 1020. The number of ether oxygens (including phenoxy) is 1. The number of rotatable bonds is 6. The van der Waals surface area contributed by atoms with Crippen LogP contribution in [0.3, 0.4) is 0 Å². The molecule has 3 heterocycles. The second-order valence-corrected chi connectivity index (χ2v) is 7.85. The number of quaternary nitrogens is 1. The molecule has 29 heavy (non-hydrogen) atoms. The van der Waals surface area contributed by atoms with Crippen LogP contribution < -0.4 is 10.5 Å². The maximum absolute atomic E-state index is 13.2. The maximum Gasteiger partial charge on any atom is 0.258 e. The zero-order valence-corrected chi connectivity index (χ0v) is 17.1. The molecule has 0 bridgehead atoms. The summed E-state index contributed by atoms with van der Waals surface area (Å²) in [5.41, 5.74) is 2.63. The molecule has 0 unspecified atom stereocenters. The van der Waals surface area contributed by atoms with E-state index in [0.29, 0.717) is 13.2 Å². The van der Waals surface area contributed by atoms with Crippen LogP contribution in [-0.4, -0.2) is 52.0 Å². The Kier molecular flexibility index (Phi) is 6.01. The monoisotopic (exact) mass is 397 g/mol. The lowest BCUT2D eigenvalue weighted by molar-refractivity contribution is -0.925. The smallest absolute Gasteiger partial charge is 0.258 e. The van der Waals surface area contributed by atoms with E-state index < -0.39 is 0 Å². The van der Waals surface area contributed by atoms with E-state index in [2.05, 4.69) is 20.5 Å². The third kappa shape index (κ3) is 4.09. The fraction of sp³-hybridized carbons (Fsp3) is 0.524. The van der Waals surface area contributed by atoms with Gasteiger partial charge in [0.25, 0.3) is 5.56 Å². The lowest BCUT2D eigenvalue weighted by Gasteiger charge is -2.26. The first-order valence-electron chi connectivity index (χ1n) is 10.4. The average Bonchev–Trinajstić information content (AvgIpc) is 3.00. The SMILES string of the molecule is COCCn1nnnc1[C@@H](c1cc2cccc(C)c2[nH]c1=O)[NH+]1CCCCCC1. The van der Waals surface area contributed by atoms with Gasteiger partial charge < -0.3 is 14.6 Å². The maximum atomic E-state index is 13.2. The molecule has 8 heteroatoms. The molecule has 2 N–H and O–H groups in total. The number of hydrogen-bond acceptors (Lipinski definition) is 5. The van der Waals surface area contributed by atoms with Crippen LogP contribution in [0.2, 0.25) is 0 Å². The number of para-hydroxylation sites is 1. The summed E-state index contributed by atoms with van der Waals surface area (Å²) in [7, 11) is 1.66. The Hall–Kier alpha value is -2.58. The highest BCUT2D eigenvalue weighted by Crippen LogP contribution is 2.21. The van der Waals surface area contributed by atoms with Crippen molar-refractivity contribution in [2.24, 2.45) is 0 Å². The Morgan fingerprint density at radius 3 is 2.79 bits per heavy atom. The highest BCUT2D eigenvalue weighted by atomic mass is 16.5. The van der Waals surface area contributed by atoms with Gasteiger partial charge in [0.2, 0.25) is 5.82 Å². The summed E-state index contributed by atoms with van der Waals surface area (Å²) in [5, 5.41) is 13.5. The number of fused-ring (bicyclic) bond motifs is 1. The molecule has 2 aromatic heterocycles. The lowest BCUT2D eigenvalue weighted by Crippen LogP contribution is -3.12. The lowest BCUT2D eigenvalue weighted by atomic mass is 10.0. The van der Waals surface area contributed by atoms with Crippen LogP contribution in [0.1, 0.15) is 48.7 Å². The van der Waals surface area contributed by atoms with E-state index in [1.165, 1.54) is 17.7 Å². The van der Waals surface area contributed by atoms with Crippen molar-refractivity contribution in [3.8, 4) is 0 Å². The molecular weight excluding hydrogens is 368 g/mol. The van der Waals surface area contributed by atoms with Gasteiger partial charge in [-0.2, -0.15) is 0 Å². The van der Waals surface area contributed by atoms with Crippen LogP contribution in [0.5, 0.6) is 0 Å². The van der Waals surface area contributed by atoms with E-state index in [4.69, 9.17) is 4.74 Å². The van der Waals surface area contributed by atoms with Gasteiger partial charge in [0.15, 0.2) is 6.04 Å². The number of nitrogens with one attached hydrogen (secondary N) is 2. The van der Waals surface area contributed by atoms with Gasteiger partial charge in [0.05, 0.1) is 37.3 Å². The summed E-state index contributed by atoms with van der Waals surface area (Å²) in [6, 6.07) is 7.91. The number of likely N-dealkylation sites (tertiary alicyclic amines) is 1. The number of hydrogen-bond donors (Lipinski definition) is 2. The summed E-state index contributed by atoms with van der Waals surface area (Å²) in [5.74, 6) is 0.733. The highest BCUT2D eigenvalue weighted by Gasteiger charge is 2.34.